The topological polar surface area (TPSA) is 84.2 Å². The summed E-state index contributed by atoms with van der Waals surface area (Å²) in [6, 6.07) is 0. The van der Waals surface area contributed by atoms with Gasteiger partial charge in [0.25, 0.3) is 0 Å². The fourth-order valence-electron chi connectivity index (χ4n) is 1.21. The molecule has 1 aromatic heterocycles. The highest BCUT2D eigenvalue weighted by Crippen LogP contribution is 2.03. The molecule has 0 aliphatic carbocycles. The Morgan fingerprint density at radius 2 is 2.25 bits per heavy atom. The van der Waals surface area contributed by atoms with Gasteiger partial charge in [-0.2, -0.15) is 5.10 Å². The molecular formula is C10H13N3O3. The minimum absolute atomic E-state index is 0.336. The molecule has 0 aromatic carbocycles. The molecule has 0 saturated heterocycles. The third-order valence-electron chi connectivity index (χ3n) is 1.95. The number of aliphatic carboxylic acids is 1. The van der Waals surface area contributed by atoms with E-state index < -0.39 is 11.9 Å². The number of carbonyl (C=O) groups is 2. The van der Waals surface area contributed by atoms with Crippen molar-refractivity contribution >= 4 is 11.9 Å². The second-order valence-corrected chi connectivity index (χ2v) is 3.30. The largest absolute Gasteiger partial charge is 0.478 e. The number of carboxylic acids is 1. The van der Waals surface area contributed by atoms with Crippen molar-refractivity contribution in [3.8, 4) is 0 Å². The highest BCUT2D eigenvalue weighted by Gasteiger charge is 2.03. The maximum absolute atomic E-state index is 11.2. The van der Waals surface area contributed by atoms with Crippen LogP contribution >= 0.6 is 0 Å². The summed E-state index contributed by atoms with van der Waals surface area (Å²) in [4.78, 5) is 21.3. The zero-order chi connectivity index (χ0) is 12.1. The van der Waals surface area contributed by atoms with Gasteiger partial charge in [0.15, 0.2) is 0 Å². The Hall–Kier alpha value is -2.11. The van der Waals surface area contributed by atoms with Gasteiger partial charge in [-0.25, -0.2) is 4.79 Å². The van der Waals surface area contributed by atoms with E-state index in [-0.39, 0.29) is 0 Å². The van der Waals surface area contributed by atoms with Crippen molar-refractivity contribution in [1.29, 1.82) is 0 Å². The zero-order valence-electron chi connectivity index (χ0n) is 9.10. The van der Waals surface area contributed by atoms with Crippen molar-refractivity contribution in [3.05, 3.63) is 29.6 Å². The number of hydrogen-bond donors (Lipinski definition) is 2. The van der Waals surface area contributed by atoms with Crippen molar-refractivity contribution in [2.45, 2.75) is 13.5 Å². The normalized spacial score (nSPS) is 10.6. The molecule has 0 aliphatic heterocycles. The van der Waals surface area contributed by atoms with Gasteiger partial charge >= 0.3 is 5.97 Å². The van der Waals surface area contributed by atoms with Crippen LogP contribution in [0.25, 0.3) is 0 Å². The van der Waals surface area contributed by atoms with Crippen LogP contribution in [0, 0.1) is 6.92 Å². The summed E-state index contributed by atoms with van der Waals surface area (Å²) in [7, 11) is 1.79. The van der Waals surface area contributed by atoms with Gasteiger partial charge in [0.05, 0.1) is 5.69 Å². The average Bonchev–Trinajstić information content (AvgIpc) is 2.51. The second kappa shape index (κ2) is 5.11. The zero-order valence-corrected chi connectivity index (χ0v) is 9.10. The van der Waals surface area contributed by atoms with Crippen LogP contribution in [0.4, 0.5) is 0 Å². The molecule has 1 amide bonds. The number of nitrogens with zero attached hydrogens (tertiary/aromatic N) is 2. The molecule has 2 N–H and O–H groups in total. The fourth-order valence-corrected chi connectivity index (χ4v) is 1.21. The lowest BCUT2D eigenvalue weighted by molar-refractivity contribution is -0.131. The second-order valence-electron chi connectivity index (χ2n) is 3.30. The summed E-state index contributed by atoms with van der Waals surface area (Å²) in [5.74, 6) is -1.58. The predicted molar refractivity (Wildman–Crippen MR) is 56.6 cm³/mol. The molecular weight excluding hydrogens is 210 g/mol. The summed E-state index contributed by atoms with van der Waals surface area (Å²) < 4.78 is 1.66. The first-order valence-corrected chi connectivity index (χ1v) is 4.67. The van der Waals surface area contributed by atoms with Gasteiger partial charge < -0.3 is 10.4 Å². The number of aromatic nitrogens is 2. The van der Waals surface area contributed by atoms with Crippen molar-refractivity contribution in [2.75, 3.05) is 0 Å². The first-order chi connectivity index (χ1) is 7.49. The summed E-state index contributed by atoms with van der Waals surface area (Å²) in [6.07, 6.45) is 3.58. The Bertz CT molecular complexity index is 435. The third-order valence-corrected chi connectivity index (χ3v) is 1.95. The molecule has 16 heavy (non-hydrogen) atoms. The Labute approximate surface area is 92.6 Å². The number of carboxylic acid groups (broad SMARTS) is 1. The standard InChI is InChI=1S/C10H13N3O3/c1-7-8(6-13(2)12-7)5-11-9(14)3-4-10(15)16/h3-4,6H,5H2,1-2H3,(H,11,14)(H,15,16)/b4-3+. The lowest BCUT2D eigenvalue weighted by Crippen LogP contribution is -2.20. The molecule has 1 rings (SSSR count). The van der Waals surface area contributed by atoms with Crippen LogP contribution in [0.15, 0.2) is 18.3 Å². The molecule has 0 unspecified atom stereocenters. The van der Waals surface area contributed by atoms with E-state index in [1.165, 1.54) is 0 Å². The minimum Gasteiger partial charge on any atom is -0.478 e. The summed E-state index contributed by atoms with van der Waals surface area (Å²) >= 11 is 0. The molecule has 1 heterocycles. The fraction of sp³-hybridized carbons (Fsp3) is 0.300. The quantitative estimate of drug-likeness (QED) is 0.703. The van der Waals surface area contributed by atoms with Crippen LogP contribution in [-0.4, -0.2) is 26.8 Å². The van der Waals surface area contributed by atoms with Crippen molar-refractivity contribution in [1.82, 2.24) is 15.1 Å². The molecule has 6 heteroatoms. The summed E-state index contributed by atoms with van der Waals surface area (Å²) in [5.41, 5.74) is 1.74. The highest BCUT2D eigenvalue weighted by atomic mass is 16.4. The summed E-state index contributed by atoms with van der Waals surface area (Å²) in [5, 5.41) is 15.0. The SMILES string of the molecule is Cc1nn(C)cc1CNC(=O)/C=C/C(=O)O. The third kappa shape index (κ3) is 3.56. The lowest BCUT2D eigenvalue weighted by Gasteiger charge is -1.99. The molecule has 0 aliphatic rings. The van der Waals surface area contributed by atoms with E-state index >= 15 is 0 Å². The van der Waals surface area contributed by atoms with Gasteiger partial charge in [0.2, 0.25) is 5.91 Å². The van der Waals surface area contributed by atoms with E-state index in [0.29, 0.717) is 6.54 Å². The van der Waals surface area contributed by atoms with E-state index in [2.05, 4.69) is 10.4 Å². The number of amides is 1. The minimum atomic E-state index is -1.15. The molecule has 6 nitrogen and oxygen atoms in total. The maximum Gasteiger partial charge on any atom is 0.328 e. The van der Waals surface area contributed by atoms with Gasteiger partial charge in [-0.1, -0.05) is 0 Å². The van der Waals surface area contributed by atoms with Gasteiger partial charge in [-0.15, -0.1) is 0 Å². The van der Waals surface area contributed by atoms with Crippen LogP contribution in [-0.2, 0) is 23.2 Å². The van der Waals surface area contributed by atoms with E-state index in [1.807, 2.05) is 6.92 Å². The lowest BCUT2D eigenvalue weighted by atomic mass is 10.2. The molecule has 0 radical (unpaired) electrons. The van der Waals surface area contributed by atoms with Crippen LogP contribution < -0.4 is 5.32 Å². The van der Waals surface area contributed by atoms with E-state index in [9.17, 15) is 9.59 Å². The molecule has 0 bridgehead atoms. The molecule has 0 atom stereocenters. The van der Waals surface area contributed by atoms with Crippen LogP contribution in [0.2, 0.25) is 0 Å². The Morgan fingerprint density at radius 1 is 1.56 bits per heavy atom. The molecule has 1 aromatic rings. The van der Waals surface area contributed by atoms with Crippen molar-refractivity contribution in [2.24, 2.45) is 7.05 Å². The molecule has 0 spiro atoms. The molecule has 0 fully saturated rings. The smallest absolute Gasteiger partial charge is 0.328 e. The highest BCUT2D eigenvalue weighted by molar-refractivity contribution is 5.93. The first-order valence-electron chi connectivity index (χ1n) is 4.67. The Kier molecular flexibility index (Phi) is 3.82. The monoisotopic (exact) mass is 223 g/mol. The van der Waals surface area contributed by atoms with E-state index in [0.717, 1.165) is 23.4 Å². The van der Waals surface area contributed by atoms with E-state index in [1.54, 1.807) is 17.9 Å². The number of carbonyl (C=O) groups excluding carboxylic acids is 1. The average molecular weight is 223 g/mol. The van der Waals surface area contributed by atoms with Gasteiger partial charge in [-0.3, -0.25) is 9.48 Å². The number of rotatable bonds is 4. The van der Waals surface area contributed by atoms with Gasteiger partial charge in [0, 0.05) is 37.5 Å². The van der Waals surface area contributed by atoms with Crippen molar-refractivity contribution in [3.63, 3.8) is 0 Å². The predicted octanol–water partition coefficient (Wildman–Crippen LogP) is -0.0145. The van der Waals surface area contributed by atoms with Gasteiger partial charge in [-0.05, 0) is 6.92 Å². The number of hydrogen-bond acceptors (Lipinski definition) is 3. The van der Waals surface area contributed by atoms with Gasteiger partial charge in [0.1, 0.15) is 0 Å². The molecule has 86 valence electrons. The Balaban J connectivity index is 2.49. The maximum atomic E-state index is 11.2. The van der Waals surface area contributed by atoms with Crippen molar-refractivity contribution < 1.29 is 14.7 Å². The number of nitrogens with one attached hydrogen (secondary N) is 1. The first kappa shape index (κ1) is 12.0. The van der Waals surface area contributed by atoms with Crippen LogP contribution in [0.3, 0.4) is 0 Å². The summed E-state index contributed by atoms with van der Waals surface area (Å²) in [6.45, 7) is 2.18. The van der Waals surface area contributed by atoms with Crippen LogP contribution in [0.5, 0.6) is 0 Å². The Morgan fingerprint density at radius 3 is 2.75 bits per heavy atom. The molecule has 0 saturated carbocycles. The number of aryl methyl sites for hydroxylation is 2. The van der Waals surface area contributed by atoms with E-state index in [4.69, 9.17) is 5.11 Å². The van der Waals surface area contributed by atoms with Crippen LogP contribution in [0.1, 0.15) is 11.3 Å².